The Hall–Kier alpha value is -3.87. The molecule has 170 valence electrons. The number of nitrogens with zero attached hydrogens (tertiary/aromatic N) is 2. The van der Waals surface area contributed by atoms with Crippen LogP contribution in [0.2, 0.25) is 0 Å². The predicted molar refractivity (Wildman–Crippen MR) is 130 cm³/mol. The standard InChI is InChI=1S/C26H29N5O2/c1-2-27-26(30-17-20-15-25(32)31-24-9-4-3-8-23(20)24)29-16-19-10-12-22(13-11-19)33-18-21-7-5-6-14-28-21/h3-14,20H,2,15-18H2,1H3,(H,31,32)(H2,27,29,30). The molecule has 1 aliphatic heterocycles. The van der Waals surface area contributed by atoms with E-state index in [-0.39, 0.29) is 11.8 Å². The average Bonchev–Trinajstić information content (AvgIpc) is 2.85. The smallest absolute Gasteiger partial charge is 0.225 e. The molecule has 0 saturated heterocycles. The number of aliphatic imine (C=N–C) groups is 1. The lowest BCUT2D eigenvalue weighted by atomic mass is 9.90. The number of carbonyl (C=O) groups is 1. The number of nitrogens with one attached hydrogen (secondary N) is 3. The lowest BCUT2D eigenvalue weighted by Crippen LogP contribution is -2.40. The van der Waals surface area contributed by atoms with E-state index in [4.69, 9.17) is 9.73 Å². The van der Waals surface area contributed by atoms with Gasteiger partial charge < -0.3 is 20.7 Å². The van der Waals surface area contributed by atoms with E-state index < -0.39 is 0 Å². The van der Waals surface area contributed by atoms with E-state index in [1.54, 1.807) is 6.20 Å². The van der Waals surface area contributed by atoms with Crippen LogP contribution in [0, 0.1) is 0 Å². The van der Waals surface area contributed by atoms with Crippen molar-refractivity contribution in [1.82, 2.24) is 15.6 Å². The minimum atomic E-state index is 0.0489. The fourth-order valence-electron chi connectivity index (χ4n) is 3.75. The summed E-state index contributed by atoms with van der Waals surface area (Å²) in [6.45, 7) is 4.41. The molecule has 7 heteroatoms. The van der Waals surface area contributed by atoms with Gasteiger partial charge in [0.15, 0.2) is 5.96 Å². The summed E-state index contributed by atoms with van der Waals surface area (Å²) in [5, 5.41) is 9.63. The number of hydrogen-bond acceptors (Lipinski definition) is 4. The van der Waals surface area contributed by atoms with Crippen molar-refractivity contribution in [2.75, 3.05) is 18.4 Å². The van der Waals surface area contributed by atoms with E-state index in [0.717, 1.165) is 40.8 Å². The Labute approximate surface area is 194 Å². The number of aromatic nitrogens is 1. The molecule has 0 spiro atoms. The van der Waals surface area contributed by atoms with Crippen LogP contribution in [-0.2, 0) is 17.9 Å². The predicted octanol–water partition coefficient (Wildman–Crippen LogP) is 3.84. The summed E-state index contributed by atoms with van der Waals surface area (Å²) in [5.74, 6) is 1.69. The Morgan fingerprint density at radius 3 is 2.70 bits per heavy atom. The van der Waals surface area contributed by atoms with E-state index in [0.29, 0.717) is 26.1 Å². The number of ether oxygens (including phenoxy) is 1. The average molecular weight is 444 g/mol. The first-order valence-electron chi connectivity index (χ1n) is 11.2. The molecule has 1 unspecified atom stereocenters. The molecular formula is C26H29N5O2. The van der Waals surface area contributed by atoms with Gasteiger partial charge in [-0.15, -0.1) is 0 Å². The highest BCUT2D eigenvalue weighted by atomic mass is 16.5. The Kier molecular flexibility index (Phi) is 7.53. The molecule has 1 atom stereocenters. The maximum Gasteiger partial charge on any atom is 0.225 e. The zero-order chi connectivity index (χ0) is 22.9. The number of carbonyl (C=O) groups excluding carboxylic acids is 1. The first kappa shape index (κ1) is 22.3. The molecule has 7 nitrogen and oxygen atoms in total. The highest BCUT2D eigenvalue weighted by Gasteiger charge is 2.24. The maximum atomic E-state index is 12.1. The number of pyridine rings is 1. The second-order valence-corrected chi connectivity index (χ2v) is 7.87. The van der Waals surface area contributed by atoms with Gasteiger partial charge in [0, 0.05) is 37.3 Å². The van der Waals surface area contributed by atoms with Crippen molar-refractivity contribution < 1.29 is 9.53 Å². The van der Waals surface area contributed by atoms with Gasteiger partial charge in [-0.2, -0.15) is 0 Å². The molecule has 0 fully saturated rings. The molecule has 2 aromatic carbocycles. The van der Waals surface area contributed by atoms with Crippen LogP contribution in [0.5, 0.6) is 5.75 Å². The van der Waals surface area contributed by atoms with Crippen LogP contribution in [0.15, 0.2) is 77.9 Å². The summed E-state index contributed by atoms with van der Waals surface area (Å²) < 4.78 is 5.80. The summed E-state index contributed by atoms with van der Waals surface area (Å²) in [7, 11) is 0. The lowest BCUT2D eigenvalue weighted by molar-refractivity contribution is -0.116. The Morgan fingerprint density at radius 2 is 1.91 bits per heavy atom. The molecule has 33 heavy (non-hydrogen) atoms. The molecule has 1 amide bonds. The van der Waals surface area contributed by atoms with Crippen molar-refractivity contribution in [2.45, 2.75) is 32.4 Å². The van der Waals surface area contributed by atoms with Crippen molar-refractivity contribution in [3.05, 3.63) is 89.7 Å². The first-order chi connectivity index (χ1) is 16.2. The van der Waals surface area contributed by atoms with Gasteiger partial charge in [0.25, 0.3) is 0 Å². The fraction of sp³-hybridized carbons (Fsp3) is 0.269. The number of fused-ring (bicyclic) bond motifs is 1. The van der Waals surface area contributed by atoms with Gasteiger partial charge in [-0.05, 0) is 48.4 Å². The number of rotatable bonds is 8. The van der Waals surface area contributed by atoms with Crippen LogP contribution >= 0.6 is 0 Å². The fourth-order valence-corrected chi connectivity index (χ4v) is 3.75. The largest absolute Gasteiger partial charge is 0.487 e. The summed E-state index contributed by atoms with van der Waals surface area (Å²) in [5.41, 5.74) is 4.03. The van der Waals surface area contributed by atoms with Crippen LogP contribution in [0.3, 0.4) is 0 Å². The SMILES string of the molecule is CCNC(=NCc1ccc(OCc2ccccn2)cc1)NCC1CC(=O)Nc2ccccc21. The van der Waals surface area contributed by atoms with Gasteiger partial charge in [-0.3, -0.25) is 9.78 Å². The van der Waals surface area contributed by atoms with Crippen molar-refractivity contribution in [1.29, 1.82) is 0 Å². The third-order valence-electron chi connectivity index (χ3n) is 5.42. The summed E-state index contributed by atoms with van der Waals surface area (Å²) in [6, 6.07) is 21.7. The van der Waals surface area contributed by atoms with Crippen molar-refractivity contribution in [3.63, 3.8) is 0 Å². The molecule has 3 N–H and O–H groups in total. The Morgan fingerprint density at radius 1 is 1.09 bits per heavy atom. The van der Waals surface area contributed by atoms with E-state index in [1.807, 2.05) is 67.6 Å². The quantitative estimate of drug-likeness (QED) is 0.364. The van der Waals surface area contributed by atoms with E-state index in [1.165, 1.54) is 0 Å². The lowest BCUT2D eigenvalue weighted by Gasteiger charge is -2.26. The zero-order valence-corrected chi connectivity index (χ0v) is 18.8. The van der Waals surface area contributed by atoms with Crippen LogP contribution in [0.25, 0.3) is 0 Å². The molecule has 2 heterocycles. The highest BCUT2D eigenvalue weighted by molar-refractivity contribution is 5.94. The maximum absolute atomic E-state index is 12.1. The molecule has 0 aliphatic carbocycles. The minimum absolute atomic E-state index is 0.0489. The second-order valence-electron chi connectivity index (χ2n) is 7.87. The van der Waals surface area contributed by atoms with Crippen molar-refractivity contribution in [2.24, 2.45) is 4.99 Å². The summed E-state index contributed by atoms with van der Waals surface area (Å²) in [4.78, 5) is 21.0. The van der Waals surface area contributed by atoms with Gasteiger partial charge in [0.05, 0.1) is 12.2 Å². The molecule has 0 bridgehead atoms. The van der Waals surface area contributed by atoms with Crippen molar-refractivity contribution >= 4 is 17.6 Å². The second kappa shape index (κ2) is 11.1. The number of anilines is 1. The number of amides is 1. The number of guanidine groups is 1. The van der Waals surface area contributed by atoms with Gasteiger partial charge in [0.1, 0.15) is 12.4 Å². The number of benzene rings is 2. The zero-order valence-electron chi connectivity index (χ0n) is 18.8. The number of hydrogen-bond donors (Lipinski definition) is 3. The van der Waals surface area contributed by atoms with Crippen molar-refractivity contribution in [3.8, 4) is 5.75 Å². The van der Waals surface area contributed by atoms with Gasteiger partial charge in [-0.25, -0.2) is 4.99 Å². The van der Waals surface area contributed by atoms with E-state index in [2.05, 4.69) is 27.0 Å². The number of para-hydroxylation sites is 1. The third-order valence-corrected chi connectivity index (χ3v) is 5.42. The normalized spacial score (nSPS) is 15.4. The Balaban J connectivity index is 1.33. The summed E-state index contributed by atoms with van der Waals surface area (Å²) >= 11 is 0. The van der Waals surface area contributed by atoms with Crippen LogP contribution in [-0.4, -0.2) is 29.9 Å². The molecule has 0 radical (unpaired) electrons. The monoisotopic (exact) mass is 443 g/mol. The van der Waals surface area contributed by atoms with Crippen LogP contribution in [0.4, 0.5) is 5.69 Å². The van der Waals surface area contributed by atoms with Gasteiger partial charge in [-0.1, -0.05) is 36.4 Å². The van der Waals surface area contributed by atoms with Gasteiger partial charge in [0.2, 0.25) is 5.91 Å². The summed E-state index contributed by atoms with van der Waals surface area (Å²) in [6.07, 6.45) is 2.22. The topological polar surface area (TPSA) is 87.6 Å². The first-order valence-corrected chi connectivity index (χ1v) is 11.2. The van der Waals surface area contributed by atoms with Gasteiger partial charge >= 0.3 is 0 Å². The van der Waals surface area contributed by atoms with E-state index >= 15 is 0 Å². The minimum Gasteiger partial charge on any atom is -0.487 e. The Bertz CT molecular complexity index is 1080. The van der Waals surface area contributed by atoms with E-state index in [9.17, 15) is 4.79 Å². The molecule has 1 aromatic heterocycles. The molecule has 0 saturated carbocycles. The van der Waals surface area contributed by atoms with Crippen LogP contribution < -0.4 is 20.7 Å². The molecule has 3 aromatic rings. The molecule has 1 aliphatic rings. The highest BCUT2D eigenvalue weighted by Crippen LogP contribution is 2.31. The third kappa shape index (κ3) is 6.32. The van der Waals surface area contributed by atoms with Crippen LogP contribution in [0.1, 0.15) is 36.1 Å². The molecule has 4 rings (SSSR count). The molecular weight excluding hydrogens is 414 g/mol.